The van der Waals surface area contributed by atoms with Crippen LogP contribution in [-0.4, -0.2) is 30.4 Å². The predicted octanol–water partition coefficient (Wildman–Crippen LogP) is 4.76. The third-order valence-electron chi connectivity index (χ3n) is 4.60. The molecule has 1 atom stereocenters. The molecule has 2 aromatic carbocycles. The molecule has 0 aliphatic carbocycles. The zero-order valence-corrected chi connectivity index (χ0v) is 17.7. The Morgan fingerprint density at radius 2 is 1.77 bits per heavy atom. The molecular weight excluding hydrogens is 384 g/mol. The minimum Gasteiger partial charge on any atom is -0.497 e. The number of nitrogens with zero attached hydrogens (tertiary/aromatic N) is 2. The van der Waals surface area contributed by atoms with Crippen LogP contribution in [0.4, 0.5) is 10.5 Å². The molecule has 2 N–H and O–H groups in total. The van der Waals surface area contributed by atoms with Gasteiger partial charge >= 0.3 is 6.03 Å². The Kier molecular flexibility index (Phi) is 6.56. The zero-order chi connectivity index (χ0) is 21.7. The van der Waals surface area contributed by atoms with E-state index in [0.29, 0.717) is 28.9 Å². The number of carbonyl (C=O) groups excluding carboxylic acids is 1. The third kappa shape index (κ3) is 4.89. The number of nitrogens with one attached hydrogen (secondary N) is 2. The number of ether oxygens (including phenoxy) is 2. The summed E-state index contributed by atoms with van der Waals surface area (Å²) in [5.74, 6) is 2.67. The topological polar surface area (TPSA) is 98.5 Å². The van der Waals surface area contributed by atoms with E-state index in [2.05, 4.69) is 20.8 Å². The van der Waals surface area contributed by atoms with Gasteiger partial charge in [0.25, 0.3) is 5.89 Å². The first-order chi connectivity index (χ1) is 14.4. The SMILES string of the molecule is COc1ccc(OC)c(C(C)NC(=O)Nc2ccc(-c3nc(C(C)C)no3)cc2)c1. The summed E-state index contributed by atoms with van der Waals surface area (Å²) in [5.41, 5.74) is 2.25. The highest BCUT2D eigenvalue weighted by Gasteiger charge is 2.16. The summed E-state index contributed by atoms with van der Waals surface area (Å²) in [6.07, 6.45) is 0. The van der Waals surface area contributed by atoms with Crippen LogP contribution in [-0.2, 0) is 0 Å². The van der Waals surface area contributed by atoms with Gasteiger partial charge in [0.15, 0.2) is 5.82 Å². The molecule has 8 nitrogen and oxygen atoms in total. The van der Waals surface area contributed by atoms with Gasteiger partial charge in [0.05, 0.1) is 20.3 Å². The quantitative estimate of drug-likeness (QED) is 0.583. The lowest BCUT2D eigenvalue weighted by atomic mass is 10.1. The molecule has 0 spiro atoms. The summed E-state index contributed by atoms with van der Waals surface area (Å²) in [6, 6.07) is 12.0. The average molecular weight is 410 g/mol. The number of benzene rings is 2. The molecule has 1 aromatic heterocycles. The molecule has 0 aliphatic heterocycles. The van der Waals surface area contributed by atoms with Crippen LogP contribution in [0.1, 0.15) is 44.1 Å². The minimum absolute atomic E-state index is 0.192. The summed E-state index contributed by atoms with van der Waals surface area (Å²) >= 11 is 0. The Morgan fingerprint density at radius 3 is 2.37 bits per heavy atom. The number of hydrogen-bond donors (Lipinski definition) is 2. The van der Waals surface area contributed by atoms with Crippen LogP contribution in [0, 0.1) is 0 Å². The number of amides is 2. The van der Waals surface area contributed by atoms with Crippen molar-refractivity contribution in [3.8, 4) is 23.0 Å². The van der Waals surface area contributed by atoms with E-state index in [1.807, 2.05) is 51.1 Å². The van der Waals surface area contributed by atoms with Crippen molar-refractivity contribution in [3.63, 3.8) is 0 Å². The number of carbonyl (C=O) groups is 1. The monoisotopic (exact) mass is 410 g/mol. The number of hydrogen-bond acceptors (Lipinski definition) is 6. The first-order valence-electron chi connectivity index (χ1n) is 9.64. The lowest BCUT2D eigenvalue weighted by Gasteiger charge is -2.18. The lowest BCUT2D eigenvalue weighted by Crippen LogP contribution is -2.31. The molecule has 3 aromatic rings. The molecule has 0 aliphatic rings. The highest BCUT2D eigenvalue weighted by atomic mass is 16.5. The van der Waals surface area contributed by atoms with Gasteiger partial charge in [-0.2, -0.15) is 4.98 Å². The van der Waals surface area contributed by atoms with E-state index in [4.69, 9.17) is 14.0 Å². The Hall–Kier alpha value is -3.55. The van der Waals surface area contributed by atoms with Crippen LogP contribution >= 0.6 is 0 Å². The second kappa shape index (κ2) is 9.30. The van der Waals surface area contributed by atoms with Gasteiger partial charge in [-0.05, 0) is 49.4 Å². The van der Waals surface area contributed by atoms with Crippen molar-refractivity contribution in [2.24, 2.45) is 0 Å². The fourth-order valence-corrected chi connectivity index (χ4v) is 2.90. The van der Waals surface area contributed by atoms with Crippen LogP contribution < -0.4 is 20.1 Å². The Bertz CT molecular complexity index is 999. The summed E-state index contributed by atoms with van der Waals surface area (Å²) in [7, 11) is 3.19. The second-order valence-electron chi connectivity index (χ2n) is 7.12. The van der Waals surface area contributed by atoms with Gasteiger partial charge in [-0.3, -0.25) is 0 Å². The fraction of sp³-hybridized carbons (Fsp3) is 0.318. The number of anilines is 1. The van der Waals surface area contributed by atoms with Gasteiger partial charge in [0.2, 0.25) is 0 Å². The Morgan fingerprint density at radius 1 is 1.03 bits per heavy atom. The van der Waals surface area contributed by atoms with Gasteiger partial charge in [-0.1, -0.05) is 19.0 Å². The highest BCUT2D eigenvalue weighted by Crippen LogP contribution is 2.29. The molecule has 158 valence electrons. The summed E-state index contributed by atoms with van der Waals surface area (Å²) in [6.45, 7) is 5.88. The van der Waals surface area contributed by atoms with Gasteiger partial charge in [0.1, 0.15) is 11.5 Å². The van der Waals surface area contributed by atoms with Gasteiger partial charge in [-0.15, -0.1) is 0 Å². The van der Waals surface area contributed by atoms with E-state index in [1.165, 1.54) is 0 Å². The van der Waals surface area contributed by atoms with Crippen molar-refractivity contribution in [2.75, 3.05) is 19.5 Å². The Labute approximate surface area is 175 Å². The lowest BCUT2D eigenvalue weighted by molar-refractivity contribution is 0.249. The number of urea groups is 1. The van der Waals surface area contributed by atoms with Crippen LogP contribution in [0.15, 0.2) is 47.0 Å². The molecule has 8 heteroatoms. The van der Waals surface area contributed by atoms with Crippen molar-refractivity contribution < 1.29 is 18.8 Å². The molecule has 2 amide bonds. The maximum absolute atomic E-state index is 12.4. The van der Waals surface area contributed by atoms with Gasteiger partial charge < -0.3 is 24.6 Å². The van der Waals surface area contributed by atoms with Crippen LogP contribution in [0.5, 0.6) is 11.5 Å². The number of rotatable bonds is 7. The fourth-order valence-electron chi connectivity index (χ4n) is 2.90. The van der Waals surface area contributed by atoms with E-state index in [-0.39, 0.29) is 18.0 Å². The van der Waals surface area contributed by atoms with Crippen molar-refractivity contribution in [2.45, 2.75) is 32.7 Å². The largest absolute Gasteiger partial charge is 0.497 e. The van der Waals surface area contributed by atoms with E-state index >= 15 is 0 Å². The maximum atomic E-state index is 12.4. The Balaban J connectivity index is 1.64. The summed E-state index contributed by atoms with van der Waals surface area (Å²) in [4.78, 5) is 16.8. The molecule has 1 unspecified atom stereocenters. The summed E-state index contributed by atoms with van der Waals surface area (Å²) < 4.78 is 15.9. The molecule has 0 radical (unpaired) electrons. The molecular formula is C22H26N4O4. The van der Waals surface area contributed by atoms with E-state index in [9.17, 15) is 4.79 Å². The average Bonchev–Trinajstić information content (AvgIpc) is 3.24. The van der Waals surface area contributed by atoms with Crippen molar-refractivity contribution >= 4 is 11.7 Å². The molecule has 1 heterocycles. The zero-order valence-electron chi connectivity index (χ0n) is 17.7. The van der Waals surface area contributed by atoms with Gasteiger partial charge in [0, 0.05) is 22.7 Å². The minimum atomic E-state index is -0.333. The van der Waals surface area contributed by atoms with Gasteiger partial charge in [-0.25, -0.2) is 4.79 Å². The van der Waals surface area contributed by atoms with Crippen LogP contribution in [0.2, 0.25) is 0 Å². The number of methoxy groups -OCH3 is 2. The number of aromatic nitrogens is 2. The smallest absolute Gasteiger partial charge is 0.319 e. The molecule has 30 heavy (non-hydrogen) atoms. The van der Waals surface area contributed by atoms with Crippen LogP contribution in [0.3, 0.4) is 0 Å². The van der Waals surface area contributed by atoms with Crippen LogP contribution in [0.25, 0.3) is 11.5 Å². The van der Waals surface area contributed by atoms with Crippen molar-refractivity contribution in [3.05, 3.63) is 53.9 Å². The summed E-state index contributed by atoms with van der Waals surface area (Å²) in [5, 5.41) is 9.69. The van der Waals surface area contributed by atoms with Crippen molar-refractivity contribution in [1.29, 1.82) is 0 Å². The molecule has 3 rings (SSSR count). The van der Waals surface area contributed by atoms with Crippen molar-refractivity contribution in [1.82, 2.24) is 15.5 Å². The maximum Gasteiger partial charge on any atom is 0.319 e. The first-order valence-corrected chi connectivity index (χ1v) is 9.64. The van der Waals surface area contributed by atoms with E-state index in [0.717, 1.165) is 11.1 Å². The highest BCUT2D eigenvalue weighted by molar-refractivity contribution is 5.89. The van der Waals surface area contributed by atoms with E-state index in [1.54, 1.807) is 26.4 Å². The second-order valence-corrected chi connectivity index (χ2v) is 7.12. The first kappa shape index (κ1) is 21.2. The van der Waals surface area contributed by atoms with E-state index < -0.39 is 0 Å². The molecule has 0 saturated carbocycles. The predicted molar refractivity (Wildman–Crippen MR) is 114 cm³/mol. The molecule has 0 saturated heterocycles. The normalized spacial score (nSPS) is 11.8. The third-order valence-corrected chi connectivity index (χ3v) is 4.60. The standard InChI is InChI=1S/C22H26N4O4/c1-13(2)20-25-21(30-26-20)15-6-8-16(9-7-15)24-22(27)23-14(3)18-12-17(28-4)10-11-19(18)29-5/h6-14H,1-5H3,(H2,23,24,27). The molecule has 0 bridgehead atoms. The molecule has 0 fully saturated rings.